The number of amides is 1. The molecule has 0 atom stereocenters. The molecule has 0 fully saturated rings. The average molecular weight is 509 g/mol. The Bertz CT molecular complexity index is 1290. The lowest BCUT2D eigenvalue weighted by atomic mass is 9.99. The fraction of sp³-hybridized carbons (Fsp3) is 0.240. The Balaban J connectivity index is 1.82. The highest BCUT2D eigenvalue weighted by molar-refractivity contribution is 9.10. The van der Waals surface area contributed by atoms with Crippen molar-refractivity contribution in [1.82, 2.24) is 19.9 Å². The molecule has 1 amide bonds. The summed E-state index contributed by atoms with van der Waals surface area (Å²) in [4.78, 5) is 17.9. The van der Waals surface area contributed by atoms with Crippen LogP contribution in [0.1, 0.15) is 34.2 Å². The van der Waals surface area contributed by atoms with Crippen molar-refractivity contribution in [2.24, 2.45) is 0 Å². The van der Waals surface area contributed by atoms with Crippen LogP contribution in [0.4, 0.5) is 0 Å². The zero-order chi connectivity index (χ0) is 23.4. The molecule has 0 bridgehead atoms. The van der Waals surface area contributed by atoms with Gasteiger partial charge in [0, 0.05) is 47.3 Å². The molecule has 3 aromatic heterocycles. The summed E-state index contributed by atoms with van der Waals surface area (Å²) in [6, 6.07) is 13.6. The second-order valence-electron chi connectivity index (χ2n) is 7.53. The van der Waals surface area contributed by atoms with E-state index in [1.807, 2.05) is 47.0 Å². The second kappa shape index (κ2) is 10.1. The number of aryl methyl sites for hydroxylation is 1. The molecule has 1 N–H and O–H groups in total. The predicted molar refractivity (Wildman–Crippen MR) is 130 cm³/mol. The summed E-state index contributed by atoms with van der Waals surface area (Å²) in [5.74, 6) is 0.550. The van der Waals surface area contributed by atoms with Gasteiger partial charge in [-0.25, -0.2) is 4.52 Å². The second-order valence-corrected chi connectivity index (χ2v) is 8.44. The largest absolute Gasteiger partial charge is 0.497 e. The smallest absolute Gasteiger partial charge is 0.254 e. The monoisotopic (exact) mass is 508 g/mol. The van der Waals surface area contributed by atoms with Crippen LogP contribution in [0.5, 0.6) is 5.75 Å². The molecule has 170 valence electrons. The number of benzene rings is 1. The van der Waals surface area contributed by atoms with Gasteiger partial charge in [0.1, 0.15) is 11.4 Å². The van der Waals surface area contributed by atoms with Gasteiger partial charge >= 0.3 is 0 Å². The average Bonchev–Trinajstić information content (AvgIpc) is 3.24. The number of carbonyl (C=O) groups excluding carboxylic acids is 1. The van der Waals surface area contributed by atoms with Crippen LogP contribution in [0.25, 0.3) is 16.6 Å². The molecule has 33 heavy (non-hydrogen) atoms. The van der Waals surface area contributed by atoms with Crippen LogP contribution in [0.3, 0.4) is 0 Å². The fourth-order valence-electron chi connectivity index (χ4n) is 3.83. The van der Waals surface area contributed by atoms with Crippen molar-refractivity contribution in [2.75, 3.05) is 14.2 Å². The van der Waals surface area contributed by atoms with Crippen molar-refractivity contribution >= 4 is 27.4 Å². The molecule has 0 unspecified atom stereocenters. The highest BCUT2D eigenvalue weighted by Crippen LogP contribution is 2.33. The van der Waals surface area contributed by atoms with Crippen LogP contribution in [-0.4, -0.2) is 34.7 Å². The Morgan fingerprint density at radius 3 is 2.58 bits per heavy atom. The summed E-state index contributed by atoms with van der Waals surface area (Å²) in [6.45, 7) is 2.66. The summed E-state index contributed by atoms with van der Waals surface area (Å²) in [5.41, 5.74) is 5.52. The highest BCUT2D eigenvalue weighted by Gasteiger charge is 2.24. The molecule has 0 saturated heterocycles. The standard InChI is InChI=1S/C25H25BrN4O3/c1-4-19-7-10-22-23(17-11-18(26)14-27-13-17)24(21(15-32-2)29-30(19)22)25(31)28-12-16-5-8-20(33-3)9-6-16/h5-11,13-14H,4,12,15H2,1-3H3,(H,28,31). The molecule has 7 nitrogen and oxygen atoms in total. The van der Waals surface area contributed by atoms with E-state index in [1.165, 1.54) is 0 Å². The van der Waals surface area contributed by atoms with Gasteiger partial charge in [-0.1, -0.05) is 19.1 Å². The maximum absolute atomic E-state index is 13.6. The highest BCUT2D eigenvalue weighted by atomic mass is 79.9. The summed E-state index contributed by atoms with van der Waals surface area (Å²) in [7, 11) is 3.22. The fourth-order valence-corrected chi connectivity index (χ4v) is 4.19. The van der Waals surface area contributed by atoms with E-state index in [1.54, 1.807) is 26.6 Å². The summed E-state index contributed by atoms with van der Waals surface area (Å²) in [6.07, 6.45) is 4.29. The van der Waals surface area contributed by atoms with Crippen LogP contribution in [0, 0.1) is 0 Å². The van der Waals surface area contributed by atoms with Crippen LogP contribution in [-0.2, 0) is 24.3 Å². The van der Waals surface area contributed by atoms with E-state index in [0.717, 1.165) is 44.5 Å². The van der Waals surface area contributed by atoms with E-state index in [4.69, 9.17) is 14.6 Å². The molecule has 0 radical (unpaired) electrons. The first-order valence-corrected chi connectivity index (χ1v) is 11.4. The van der Waals surface area contributed by atoms with Crippen LogP contribution in [0.15, 0.2) is 59.3 Å². The van der Waals surface area contributed by atoms with Crippen molar-refractivity contribution in [3.8, 4) is 16.9 Å². The SMILES string of the molecule is CCc1ccc2c(-c3cncc(Br)c3)c(C(=O)NCc3ccc(OC)cc3)c(COC)nn12. The minimum Gasteiger partial charge on any atom is -0.497 e. The molecule has 1 aromatic carbocycles. The van der Waals surface area contributed by atoms with Crippen molar-refractivity contribution in [2.45, 2.75) is 26.5 Å². The number of pyridine rings is 1. The lowest BCUT2D eigenvalue weighted by molar-refractivity contribution is 0.0945. The van der Waals surface area contributed by atoms with Gasteiger partial charge in [0.15, 0.2) is 0 Å². The molecular weight excluding hydrogens is 484 g/mol. The van der Waals surface area contributed by atoms with Gasteiger partial charge in [0.2, 0.25) is 0 Å². The molecule has 4 aromatic rings. The first-order valence-electron chi connectivity index (χ1n) is 10.6. The maximum atomic E-state index is 13.6. The molecule has 8 heteroatoms. The lowest BCUT2D eigenvalue weighted by Crippen LogP contribution is -2.26. The van der Waals surface area contributed by atoms with Gasteiger partial charge in [-0.2, -0.15) is 5.10 Å². The number of hydrogen-bond donors (Lipinski definition) is 1. The number of carbonyl (C=O) groups is 1. The topological polar surface area (TPSA) is 77.8 Å². The van der Waals surface area contributed by atoms with Gasteiger partial charge in [-0.3, -0.25) is 9.78 Å². The molecule has 0 aliphatic carbocycles. The Kier molecular flexibility index (Phi) is 7.05. The van der Waals surface area contributed by atoms with E-state index in [9.17, 15) is 4.79 Å². The number of methoxy groups -OCH3 is 2. The molecule has 0 spiro atoms. The van der Waals surface area contributed by atoms with Crippen molar-refractivity contribution < 1.29 is 14.3 Å². The summed E-state index contributed by atoms with van der Waals surface area (Å²) >= 11 is 3.51. The van der Waals surface area contributed by atoms with Crippen molar-refractivity contribution in [1.29, 1.82) is 0 Å². The molecule has 3 heterocycles. The van der Waals surface area contributed by atoms with Crippen LogP contribution >= 0.6 is 15.9 Å². The first kappa shape index (κ1) is 22.9. The predicted octanol–water partition coefficient (Wildman–Crippen LogP) is 4.81. The molecule has 0 saturated carbocycles. The number of rotatable bonds is 8. The minimum absolute atomic E-state index is 0.205. The van der Waals surface area contributed by atoms with E-state index >= 15 is 0 Å². The normalized spacial score (nSPS) is 11.0. The van der Waals surface area contributed by atoms with Crippen LogP contribution < -0.4 is 10.1 Å². The van der Waals surface area contributed by atoms with E-state index in [-0.39, 0.29) is 12.5 Å². The Morgan fingerprint density at radius 2 is 1.91 bits per heavy atom. The number of aromatic nitrogens is 3. The Hall–Kier alpha value is -3.23. The summed E-state index contributed by atoms with van der Waals surface area (Å²) < 4.78 is 13.4. The van der Waals surface area contributed by atoms with E-state index < -0.39 is 0 Å². The number of halogens is 1. The Labute approximate surface area is 200 Å². The van der Waals surface area contributed by atoms with Gasteiger partial charge in [0.25, 0.3) is 5.91 Å². The molecule has 4 rings (SSSR count). The van der Waals surface area contributed by atoms with E-state index in [0.29, 0.717) is 17.8 Å². The maximum Gasteiger partial charge on any atom is 0.254 e. The van der Waals surface area contributed by atoms with Gasteiger partial charge < -0.3 is 14.8 Å². The zero-order valence-corrected chi connectivity index (χ0v) is 20.3. The molecular formula is C25H25BrN4O3. The third kappa shape index (κ3) is 4.77. The first-order chi connectivity index (χ1) is 16.0. The quantitative estimate of drug-likeness (QED) is 0.369. The number of ether oxygens (including phenoxy) is 2. The molecule has 0 aliphatic heterocycles. The Morgan fingerprint density at radius 1 is 1.12 bits per heavy atom. The lowest BCUT2D eigenvalue weighted by Gasteiger charge is -2.17. The van der Waals surface area contributed by atoms with Gasteiger partial charge in [-0.05, 0) is 58.2 Å². The van der Waals surface area contributed by atoms with Crippen LogP contribution in [0.2, 0.25) is 0 Å². The van der Waals surface area contributed by atoms with Gasteiger partial charge in [0.05, 0.1) is 24.8 Å². The van der Waals surface area contributed by atoms with E-state index in [2.05, 4.69) is 33.2 Å². The molecule has 0 aliphatic rings. The third-order valence-electron chi connectivity index (χ3n) is 5.43. The minimum atomic E-state index is -0.220. The van der Waals surface area contributed by atoms with Gasteiger partial charge in [-0.15, -0.1) is 0 Å². The number of fused-ring (bicyclic) bond motifs is 1. The van der Waals surface area contributed by atoms with Crippen molar-refractivity contribution in [3.63, 3.8) is 0 Å². The zero-order valence-electron chi connectivity index (χ0n) is 18.8. The van der Waals surface area contributed by atoms with Crippen molar-refractivity contribution in [3.05, 3.63) is 81.8 Å². The number of nitrogens with one attached hydrogen (secondary N) is 1. The number of hydrogen-bond acceptors (Lipinski definition) is 5. The summed E-state index contributed by atoms with van der Waals surface area (Å²) in [5, 5.41) is 7.83. The number of nitrogens with zero attached hydrogens (tertiary/aromatic N) is 3. The third-order valence-corrected chi connectivity index (χ3v) is 5.86.